The molecule has 0 amide bonds. The van der Waals surface area contributed by atoms with E-state index in [1.165, 1.54) is 26.4 Å². The minimum Gasteiger partial charge on any atom is -0.469 e. The Hall–Kier alpha value is -0.530. The van der Waals surface area contributed by atoms with Crippen molar-refractivity contribution in [3.05, 3.63) is 0 Å². The second kappa shape index (κ2) is 4.81. The highest BCUT2D eigenvalue weighted by molar-refractivity contribution is 5.76. The monoisotopic (exact) mass is 198 g/mol. The van der Waals surface area contributed by atoms with Crippen molar-refractivity contribution in [2.75, 3.05) is 7.11 Å². The molecule has 0 aromatic carbocycles. The van der Waals surface area contributed by atoms with Crippen LogP contribution < -0.4 is 0 Å². The van der Waals surface area contributed by atoms with E-state index in [2.05, 4.69) is 13.8 Å². The SMILES string of the molecule is COC(=O)C1(CC(C)C)CCCCC1. The van der Waals surface area contributed by atoms with Crippen LogP contribution in [0.4, 0.5) is 0 Å². The quantitative estimate of drug-likeness (QED) is 0.651. The molecule has 0 heterocycles. The van der Waals surface area contributed by atoms with Crippen LogP contribution in [0.15, 0.2) is 0 Å². The lowest BCUT2D eigenvalue weighted by Crippen LogP contribution is -2.35. The Balaban J connectivity index is 2.71. The van der Waals surface area contributed by atoms with Crippen LogP contribution >= 0.6 is 0 Å². The number of hydrogen-bond acceptors (Lipinski definition) is 2. The van der Waals surface area contributed by atoms with Gasteiger partial charge in [-0.25, -0.2) is 0 Å². The summed E-state index contributed by atoms with van der Waals surface area (Å²) in [5, 5.41) is 0. The summed E-state index contributed by atoms with van der Waals surface area (Å²) in [5.74, 6) is 0.595. The molecule has 1 rings (SSSR count). The molecule has 14 heavy (non-hydrogen) atoms. The molecule has 2 nitrogen and oxygen atoms in total. The fourth-order valence-corrected chi connectivity index (χ4v) is 2.72. The highest BCUT2D eigenvalue weighted by atomic mass is 16.5. The molecule has 0 aliphatic heterocycles. The highest BCUT2D eigenvalue weighted by Crippen LogP contribution is 2.42. The number of ether oxygens (including phenoxy) is 1. The number of hydrogen-bond donors (Lipinski definition) is 0. The van der Waals surface area contributed by atoms with Gasteiger partial charge in [-0.15, -0.1) is 0 Å². The Morgan fingerprint density at radius 3 is 2.29 bits per heavy atom. The smallest absolute Gasteiger partial charge is 0.311 e. The first-order chi connectivity index (χ1) is 6.60. The van der Waals surface area contributed by atoms with Crippen LogP contribution in [0.3, 0.4) is 0 Å². The summed E-state index contributed by atoms with van der Waals surface area (Å²) in [6.45, 7) is 4.36. The van der Waals surface area contributed by atoms with Crippen LogP contribution in [0.25, 0.3) is 0 Å². The van der Waals surface area contributed by atoms with E-state index in [0.29, 0.717) is 5.92 Å². The van der Waals surface area contributed by atoms with Gasteiger partial charge in [0.15, 0.2) is 0 Å². The summed E-state index contributed by atoms with van der Waals surface area (Å²) in [7, 11) is 1.51. The topological polar surface area (TPSA) is 26.3 Å². The molecule has 1 saturated carbocycles. The molecule has 0 radical (unpaired) electrons. The molecule has 0 N–H and O–H groups in total. The lowest BCUT2D eigenvalue weighted by molar-refractivity contribution is -0.156. The first kappa shape index (κ1) is 11.5. The molecule has 1 aliphatic rings. The maximum atomic E-state index is 11.8. The molecule has 0 saturated heterocycles. The molecular formula is C12H22O2. The van der Waals surface area contributed by atoms with E-state index >= 15 is 0 Å². The largest absolute Gasteiger partial charge is 0.469 e. The predicted octanol–water partition coefficient (Wildman–Crippen LogP) is 3.16. The minimum absolute atomic E-state index is 0.0194. The first-order valence-electron chi connectivity index (χ1n) is 5.69. The zero-order chi connectivity index (χ0) is 10.6. The van der Waals surface area contributed by atoms with Gasteiger partial charge in [-0.2, -0.15) is 0 Å². The normalized spacial score (nSPS) is 20.9. The molecule has 0 bridgehead atoms. The lowest BCUT2D eigenvalue weighted by Gasteiger charge is -2.35. The van der Waals surface area contributed by atoms with E-state index in [-0.39, 0.29) is 11.4 Å². The van der Waals surface area contributed by atoms with E-state index in [4.69, 9.17) is 4.74 Å². The molecule has 0 atom stereocenters. The van der Waals surface area contributed by atoms with Gasteiger partial charge in [0.1, 0.15) is 0 Å². The van der Waals surface area contributed by atoms with Crippen molar-refractivity contribution in [1.82, 2.24) is 0 Å². The third-order valence-corrected chi connectivity index (χ3v) is 3.23. The number of carbonyl (C=O) groups is 1. The van der Waals surface area contributed by atoms with Gasteiger partial charge < -0.3 is 4.74 Å². The van der Waals surface area contributed by atoms with Crippen molar-refractivity contribution in [3.63, 3.8) is 0 Å². The standard InChI is InChI=1S/C12H22O2/c1-10(2)9-12(11(13)14-3)7-5-4-6-8-12/h10H,4-9H2,1-3H3. The van der Waals surface area contributed by atoms with Gasteiger partial charge in [-0.1, -0.05) is 33.1 Å². The van der Waals surface area contributed by atoms with Gasteiger partial charge in [-0.05, 0) is 25.2 Å². The third-order valence-electron chi connectivity index (χ3n) is 3.23. The number of rotatable bonds is 3. The van der Waals surface area contributed by atoms with E-state index in [9.17, 15) is 4.79 Å². The minimum atomic E-state index is -0.152. The van der Waals surface area contributed by atoms with Crippen LogP contribution in [-0.4, -0.2) is 13.1 Å². The Labute approximate surface area is 87.0 Å². The predicted molar refractivity (Wildman–Crippen MR) is 57.0 cm³/mol. The van der Waals surface area contributed by atoms with Gasteiger partial charge >= 0.3 is 5.97 Å². The van der Waals surface area contributed by atoms with Gasteiger partial charge in [0.05, 0.1) is 12.5 Å². The van der Waals surface area contributed by atoms with Crippen molar-refractivity contribution < 1.29 is 9.53 Å². The Morgan fingerprint density at radius 2 is 1.86 bits per heavy atom. The molecule has 0 aromatic rings. The number of carbonyl (C=O) groups excluding carboxylic acids is 1. The number of esters is 1. The Morgan fingerprint density at radius 1 is 1.29 bits per heavy atom. The first-order valence-corrected chi connectivity index (χ1v) is 5.69. The zero-order valence-electron chi connectivity index (χ0n) is 9.64. The summed E-state index contributed by atoms with van der Waals surface area (Å²) in [5.41, 5.74) is -0.152. The summed E-state index contributed by atoms with van der Waals surface area (Å²) < 4.78 is 4.96. The second-order valence-electron chi connectivity index (χ2n) is 4.93. The van der Waals surface area contributed by atoms with E-state index in [0.717, 1.165) is 19.3 Å². The van der Waals surface area contributed by atoms with Crippen molar-refractivity contribution in [2.45, 2.75) is 52.4 Å². The third kappa shape index (κ3) is 2.49. The highest BCUT2D eigenvalue weighted by Gasteiger charge is 2.40. The molecule has 1 aliphatic carbocycles. The average Bonchev–Trinajstić information content (AvgIpc) is 2.17. The van der Waals surface area contributed by atoms with Crippen molar-refractivity contribution >= 4 is 5.97 Å². The van der Waals surface area contributed by atoms with Gasteiger partial charge in [-0.3, -0.25) is 4.79 Å². The van der Waals surface area contributed by atoms with E-state index < -0.39 is 0 Å². The fourth-order valence-electron chi connectivity index (χ4n) is 2.72. The van der Waals surface area contributed by atoms with Crippen LogP contribution in [0.2, 0.25) is 0 Å². The van der Waals surface area contributed by atoms with Crippen LogP contribution in [0.5, 0.6) is 0 Å². The molecule has 82 valence electrons. The second-order valence-corrected chi connectivity index (χ2v) is 4.93. The summed E-state index contributed by atoms with van der Waals surface area (Å²) in [4.78, 5) is 11.8. The van der Waals surface area contributed by atoms with Crippen LogP contribution in [0.1, 0.15) is 52.4 Å². The summed E-state index contributed by atoms with van der Waals surface area (Å²) in [6.07, 6.45) is 6.68. The molecule has 0 unspecified atom stereocenters. The van der Waals surface area contributed by atoms with E-state index in [1.54, 1.807) is 0 Å². The average molecular weight is 198 g/mol. The number of methoxy groups -OCH3 is 1. The Kier molecular flexibility index (Phi) is 3.97. The van der Waals surface area contributed by atoms with Crippen LogP contribution in [-0.2, 0) is 9.53 Å². The van der Waals surface area contributed by atoms with E-state index in [1.807, 2.05) is 0 Å². The summed E-state index contributed by atoms with van der Waals surface area (Å²) in [6, 6.07) is 0. The zero-order valence-corrected chi connectivity index (χ0v) is 9.64. The van der Waals surface area contributed by atoms with Gasteiger partial charge in [0.2, 0.25) is 0 Å². The Bertz CT molecular complexity index is 190. The van der Waals surface area contributed by atoms with Gasteiger partial charge in [0, 0.05) is 0 Å². The molecule has 0 aromatic heterocycles. The van der Waals surface area contributed by atoms with Crippen LogP contribution in [0, 0.1) is 11.3 Å². The molecule has 2 heteroatoms. The fraction of sp³-hybridized carbons (Fsp3) is 0.917. The molecule has 1 fully saturated rings. The van der Waals surface area contributed by atoms with Crippen molar-refractivity contribution in [2.24, 2.45) is 11.3 Å². The van der Waals surface area contributed by atoms with Crippen molar-refractivity contribution in [3.8, 4) is 0 Å². The lowest BCUT2D eigenvalue weighted by atomic mass is 9.69. The maximum absolute atomic E-state index is 11.8. The molecule has 0 spiro atoms. The van der Waals surface area contributed by atoms with Gasteiger partial charge in [0.25, 0.3) is 0 Å². The van der Waals surface area contributed by atoms with Crippen molar-refractivity contribution in [1.29, 1.82) is 0 Å². The maximum Gasteiger partial charge on any atom is 0.311 e. The summed E-state index contributed by atoms with van der Waals surface area (Å²) >= 11 is 0. The molecular weight excluding hydrogens is 176 g/mol.